The van der Waals surface area contributed by atoms with Crippen LogP contribution < -0.4 is 5.32 Å². The van der Waals surface area contributed by atoms with Gasteiger partial charge in [-0.1, -0.05) is 39.3 Å². The number of hydrogen-bond acceptors (Lipinski definition) is 3. The van der Waals surface area contributed by atoms with Gasteiger partial charge in [-0.2, -0.15) is 4.31 Å². The lowest BCUT2D eigenvalue weighted by Gasteiger charge is -2.22. The van der Waals surface area contributed by atoms with E-state index in [1.165, 1.54) is 0 Å². The van der Waals surface area contributed by atoms with Gasteiger partial charge in [-0.3, -0.25) is 0 Å². The van der Waals surface area contributed by atoms with Gasteiger partial charge in [-0.25, -0.2) is 8.42 Å². The molecule has 0 fully saturated rings. The summed E-state index contributed by atoms with van der Waals surface area (Å²) in [5, 5.41) is 3.07. The average Bonchev–Trinajstić information content (AvgIpc) is 2.48. The van der Waals surface area contributed by atoms with E-state index in [0.717, 1.165) is 30.4 Å². The number of hydrogen-bond donors (Lipinski definition) is 1. The van der Waals surface area contributed by atoms with Crippen LogP contribution in [0, 0.1) is 0 Å². The summed E-state index contributed by atoms with van der Waals surface area (Å²) in [6, 6.07) is 5.75. The van der Waals surface area contributed by atoms with Crippen molar-refractivity contribution in [2.45, 2.75) is 51.5 Å². The summed E-state index contributed by atoms with van der Waals surface area (Å²) in [5.41, 5.74) is 1.89. The van der Waals surface area contributed by atoms with Crippen LogP contribution in [0.2, 0.25) is 0 Å². The summed E-state index contributed by atoms with van der Waals surface area (Å²) < 4.78 is 27.4. The fraction of sp³-hybridized carbons (Fsp3) is 0.625. The molecule has 5 heteroatoms. The van der Waals surface area contributed by atoms with E-state index in [1.54, 1.807) is 4.31 Å². The lowest BCUT2D eigenvalue weighted by atomic mass is 10.1. The minimum Gasteiger partial charge on any atom is -0.316 e. The van der Waals surface area contributed by atoms with Gasteiger partial charge in [-0.15, -0.1) is 0 Å². The molecule has 4 nitrogen and oxygen atoms in total. The van der Waals surface area contributed by atoms with E-state index >= 15 is 0 Å². The molecule has 0 unspecified atom stereocenters. The van der Waals surface area contributed by atoms with Crippen molar-refractivity contribution in [1.82, 2.24) is 9.62 Å². The number of sulfonamides is 1. The topological polar surface area (TPSA) is 49.4 Å². The smallest absolute Gasteiger partial charge is 0.243 e. The Balaban J connectivity index is 3.23. The van der Waals surface area contributed by atoms with Crippen LogP contribution in [0.3, 0.4) is 0 Å². The van der Waals surface area contributed by atoms with Gasteiger partial charge in [0, 0.05) is 19.6 Å². The van der Waals surface area contributed by atoms with Crippen LogP contribution in [0.1, 0.15) is 44.7 Å². The maximum atomic E-state index is 12.9. The van der Waals surface area contributed by atoms with Gasteiger partial charge in [0.2, 0.25) is 10.0 Å². The molecule has 0 heterocycles. The first-order chi connectivity index (χ1) is 10.0. The first-order valence-corrected chi connectivity index (χ1v) is 9.21. The molecule has 0 radical (unpaired) electrons. The molecule has 0 aromatic heterocycles. The minimum atomic E-state index is -3.40. The lowest BCUT2D eigenvalue weighted by molar-refractivity contribution is 0.418. The maximum Gasteiger partial charge on any atom is 0.243 e. The summed E-state index contributed by atoms with van der Waals surface area (Å²) >= 11 is 0. The molecule has 0 aliphatic heterocycles. The zero-order valence-corrected chi connectivity index (χ0v) is 14.5. The lowest BCUT2D eigenvalue weighted by Crippen LogP contribution is -2.32. The number of nitrogens with one attached hydrogen (secondary N) is 1. The molecule has 0 aliphatic rings. The average molecular weight is 312 g/mol. The fourth-order valence-corrected chi connectivity index (χ4v) is 4.20. The van der Waals surface area contributed by atoms with Gasteiger partial charge in [0.25, 0.3) is 0 Å². The molecule has 1 aromatic carbocycles. The van der Waals surface area contributed by atoms with E-state index in [4.69, 9.17) is 0 Å². The number of nitrogens with zero attached hydrogens (tertiary/aromatic N) is 1. The van der Waals surface area contributed by atoms with Gasteiger partial charge in [-0.05, 0) is 37.1 Å². The van der Waals surface area contributed by atoms with Gasteiger partial charge in [0.15, 0.2) is 0 Å². The quantitative estimate of drug-likeness (QED) is 0.763. The SMILES string of the molecule is CCCCN(CC)S(=O)(=O)c1cc(CNC)ccc1CC. The Morgan fingerprint density at radius 3 is 2.43 bits per heavy atom. The Hall–Kier alpha value is -0.910. The van der Waals surface area contributed by atoms with Crippen LogP contribution in [-0.4, -0.2) is 32.9 Å². The molecule has 0 bridgehead atoms. The van der Waals surface area contributed by atoms with E-state index in [9.17, 15) is 8.42 Å². The van der Waals surface area contributed by atoms with Crippen molar-refractivity contribution in [3.63, 3.8) is 0 Å². The van der Waals surface area contributed by atoms with Gasteiger partial charge in [0.1, 0.15) is 0 Å². The van der Waals surface area contributed by atoms with Crippen molar-refractivity contribution in [1.29, 1.82) is 0 Å². The molecule has 0 spiro atoms. The second-order valence-electron chi connectivity index (χ2n) is 5.18. The molecule has 120 valence electrons. The van der Waals surface area contributed by atoms with Crippen molar-refractivity contribution in [2.75, 3.05) is 20.1 Å². The highest BCUT2D eigenvalue weighted by atomic mass is 32.2. The normalized spacial score (nSPS) is 12.0. The molecule has 0 saturated carbocycles. The standard InChI is InChI=1S/C16H28N2O2S/c1-5-8-11-18(7-3)21(19,20)16-12-14(13-17-4)9-10-15(16)6-2/h9-10,12,17H,5-8,11,13H2,1-4H3. The van der Waals surface area contributed by atoms with Crippen LogP contribution in [0.5, 0.6) is 0 Å². The first-order valence-electron chi connectivity index (χ1n) is 7.77. The highest BCUT2D eigenvalue weighted by molar-refractivity contribution is 7.89. The Kier molecular flexibility index (Phi) is 7.35. The molecule has 1 aromatic rings. The predicted octanol–water partition coefficient (Wildman–Crippen LogP) is 2.78. The Bertz CT molecular complexity index is 541. The van der Waals surface area contributed by atoms with Crippen LogP contribution in [0.15, 0.2) is 23.1 Å². The molecule has 0 saturated heterocycles. The molecule has 21 heavy (non-hydrogen) atoms. The van der Waals surface area contributed by atoms with E-state index in [-0.39, 0.29) is 0 Å². The maximum absolute atomic E-state index is 12.9. The van der Waals surface area contributed by atoms with Crippen molar-refractivity contribution in [3.05, 3.63) is 29.3 Å². The van der Waals surface area contributed by atoms with Crippen molar-refractivity contribution in [3.8, 4) is 0 Å². The largest absolute Gasteiger partial charge is 0.316 e. The van der Waals surface area contributed by atoms with Crippen molar-refractivity contribution in [2.24, 2.45) is 0 Å². The van der Waals surface area contributed by atoms with Crippen LogP contribution in [0.4, 0.5) is 0 Å². The molecular formula is C16H28N2O2S. The number of benzene rings is 1. The van der Waals surface area contributed by atoms with Gasteiger partial charge in [0.05, 0.1) is 4.90 Å². The summed E-state index contributed by atoms with van der Waals surface area (Å²) in [4.78, 5) is 0.468. The summed E-state index contributed by atoms with van der Waals surface area (Å²) in [6.07, 6.45) is 2.61. The van der Waals surface area contributed by atoms with E-state index in [2.05, 4.69) is 12.2 Å². The van der Waals surface area contributed by atoms with Crippen LogP contribution in [0.25, 0.3) is 0 Å². The highest BCUT2D eigenvalue weighted by Crippen LogP contribution is 2.23. The third-order valence-electron chi connectivity index (χ3n) is 3.62. The van der Waals surface area contributed by atoms with Gasteiger partial charge < -0.3 is 5.32 Å². The molecule has 0 amide bonds. The second-order valence-corrected chi connectivity index (χ2v) is 7.08. The zero-order chi connectivity index (χ0) is 15.9. The summed E-state index contributed by atoms with van der Waals surface area (Å²) in [7, 11) is -1.54. The monoisotopic (exact) mass is 312 g/mol. The van der Waals surface area contributed by atoms with E-state index in [1.807, 2.05) is 39.1 Å². The predicted molar refractivity (Wildman–Crippen MR) is 87.9 cm³/mol. The third kappa shape index (κ3) is 4.53. The fourth-order valence-electron chi connectivity index (χ4n) is 2.37. The number of rotatable bonds is 9. The Morgan fingerprint density at radius 1 is 1.19 bits per heavy atom. The molecule has 0 atom stereocenters. The van der Waals surface area contributed by atoms with Crippen LogP contribution >= 0.6 is 0 Å². The highest BCUT2D eigenvalue weighted by Gasteiger charge is 2.25. The van der Waals surface area contributed by atoms with Gasteiger partial charge >= 0.3 is 0 Å². The van der Waals surface area contributed by atoms with E-state index in [0.29, 0.717) is 24.5 Å². The third-order valence-corrected chi connectivity index (χ3v) is 5.68. The van der Waals surface area contributed by atoms with E-state index < -0.39 is 10.0 Å². The van der Waals surface area contributed by atoms with Crippen molar-refractivity contribution < 1.29 is 8.42 Å². The molecule has 1 rings (SSSR count). The molecule has 1 N–H and O–H groups in total. The minimum absolute atomic E-state index is 0.468. The Morgan fingerprint density at radius 2 is 1.90 bits per heavy atom. The molecule has 0 aliphatic carbocycles. The summed E-state index contributed by atoms with van der Waals surface area (Å²) in [5.74, 6) is 0. The number of unbranched alkanes of at least 4 members (excludes halogenated alkanes) is 1. The molecular weight excluding hydrogens is 284 g/mol. The summed E-state index contributed by atoms with van der Waals surface area (Å²) in [6.45, 7) is 7.75. The first kappa shape index (κ1) is 18.1. The zero-order valence-electron chi connectivity index (χ0n) is 13.6. The number of aryl methyl sites for hydroxylation is 1. The Labute approximate surface area is 129 Å². The second kappa shape index (κ2) is 8.51. The van der Waals surface area contributed by atoms with Crippen molar-refractivity contribution >= 4 is 10.0 Å². The van der Waals surface area contributed by atoms with Crippen LogP contribution in [-0.2, 0) is 23.0 Å².